The lowest BCUT2D eigenvalue weighted by Crippen LogP contribution is -2.42. The molecule has 0 aliphatic heterocycles. The van der Waals surface area contributed by atoms with E-state index in [-0.39, 0.29) is 12.1 Å². The Morgan fingerprint density at radius 1 is 1.80 bits per heavy atom. The molecule has 0 saturated carbocycles. The van der Waals surface area contributed by atoms with Crippen molar-refractivity contribution in [3.63, 3.8) is 0 Å². The van der Waals surface area contributed by atoms with Crippen LogP contribution in [0.1, 0.15) is 13.8 Å². The van der Waals surface area contributed by atoms with Gasteiger partial charge in [-0.05, 0) is 13.8 Å². The van der Waals surface area contributed by atoms with Gasteiger partial charge in [0.2, 0.25) is 0 Å². The predicted octanol–water partition coefficient (Wildman–Crippen LogP) is -0.124. The molecule has 3 nitrogen and oxygen atoms in total. The molecule has 0 heterocycles. The van der Waals surface area contributed by atoms with Gasteiger partial charge >= 0.3 is 0 Å². The first kappa shape index (κ1) is 9.44. The first-order valence-electron chi connectivity index (χ1n) is 3.30. The van der Waals surface area contributed by atoms with Crippen molar-refractivity contribution in [1.82, 2.24) is 5.43 Å². The quantitative estimate of drug-likeness (QED) is 0.327. The van der Waals surface area contributed by atoms with Gasteiger partial charge in [0.05, 0.1) is 6.10 Å². The summed E-state index contributed by atoms with van der Waals surface area (Å²) >= 11 is 0. The number of nitrogens with one attached hydrogen (secondary N) is 1. The Labute approximate surface area is 61.9 Å². The normalized spacial score (nSPS) is 15.8. The monoisotopic (exact) mass is 142 g/mol. The van der Waals surface area contributed by atoms with E-state index in [4.69, 9.17) is 17.0 Å². The van der Waals surface area contributed by atoms with Crippen molar-refractivity contribution in [1.29, 1.82) is 0 Å². The zero-order chi connectivity index (χ0) is 7.98. The first-order valence-corrected chi connectivity index (χ1v) is 3.30. The highest BCUT2D eigenvalue weighted by atomic mass is 16.5. The summed E-state index contributed by atoms with van der Waals surface area (Å²) in [5.74, 6) is 7.62. The van der Waals surface area contributed by atoms with Crippen LogP contribution in [0.2, 0.25) is 0 Å². The Balaban J connectivity index is 3.67. The van der Waals surface area contributed by atoms with Gasteiger partial charge in [0, 0.05) is 6.61 Å². The fourth-order valence-corrected chi connectivity index (χ4v) is 0.678. The average molecular weight is 142 g/mol. The summed E-state index contributed by atoms with van der Waals surface area (Å²) < 4.78 is 5.20. The van der Waals surface area contributed by atoms with Crippen LogP contribution in [0.3, 0.4) is 0 Å². The molecule has 0 aliphatic rings. The van der Waals surface area contributed by atoms with Crippen LogP contribution < -0.4 is 11.3 Å². The van der Waals surface area contributed by atoms with Gasteiger partial charge in [-0.15, -0.1) is 6.42 Å². The van der Waals surface area contributed by atoms with Crippen molar-refractivity contribution in [3.8, 4) is 12.3 Å². The van der Waals surface area contributed by atoms with Crippen LogP contribution in [-0.2, 0) is 4.74 Å². The maximum atomic E-state index is 5.20. The van der Waals surface area contributed by atoms with E-state index in [9.17, 15) is 0 Å². The molecule has 0 saturated heterocycles. The molecule has 0 aromatic rings. The highest BCUT2D eigenvalue weighted by Gasteiger charge is 2.11. The Morgan fingerprint density at radius 3 is 2.70 bits per heavy atom. The summed E-state index contributed by atoms with van der Waals surface area (Å²) in [6.45, 7) is 4.45. The molecule has 0 aliphatic carbocycles. The SMILES string of the molecule is C#CC(NN)C(C)OCC. The third-order valence-electron chi connectivity index (χ3n) is 1.26. The van der Waals surface area contributed by atoms with Gasteiger partial charge < -0.3 is 4.74 Å². The highest BCUT2D eigenvalue weighted by Crippen LogP contribution is 1.95. The van der Waals surface area contributed by atoms with E-state index >= 15 is 0 Å². The minimum absolute atomic E-state index is 0.0278. The molecule has 0 aromatic heterocycles. The van der Waals surface area contributed by atoms with E-state index in [1.807, 2.05) is 13.8 Å². The number of rotatable bonds is 4. The predicted molar refractivity (Wildman–Crippen MR) is 41.0 cm³/mol. The number of ether oxygens (including phenoxy) is 1. The van der Waals surface area contributed by atoms with Gasteiger partial charge in [-0.3, -0.25) is 5.84 Å². The number of terminal acetylenes is 1. The van der Waals surface area contributed by atoms with Crippen LogP contribution in [0, 0.1) is 12.3 Å². The summed E-state index contributed by atoms with van der Waals surface area (Å²) in [4.78, 5) is 0. The number of hydrogen-bond acceptors (Lipinski definition) is 3. The second-order valence-electron chi connectivity index (χ2n) is 1.97. The fraction of sp³-hybridized carbons (Fsp3) is 0.714. The summed E-state index contributed by atoms with van der Waals surface area (Å²) in [7, 11) is 0. The summed E-state index contributed by atoms with van der Waals surface area (Å²) in [6, 6.07) is -0.194. The molecular formula is C7H14N2O. The van der Waals surface area contributed by atoms with Crippen LogP contribution >= 0.6 is 0 Å². The van der Waals surface area contributed by atoms with Crippen LogP contribution in [0.25, 0.3) is 0 Å². The molecule has 3 N–H and O–H groups in total. The molecule has 2 unspecified atom stereocenters. The maximum Gasteiger partial charge on any atom is 0.107 e. The molecule has 2 atom stereocenters. The zero-order valence-electron chi connectivity index (χ0n) is 6.42. The van der Waals surface area contributed by atoms with Crippen LogP contribution in [-0.4, -0.2) is 18.8 Å². The van der Waals surface area contributed by atoms with Crippen LogP contribution in [0.15, 0.2) is 0 Å². The van der Waals surface area contributed by atoms with Crippen LogP contribution in [0.4, 0.5) is 0 Å². The molecule has 10 heavy (non-hydrogen) atoms. The Bertz CT molecular complexity index is 119. The van der Waals surface area contributed by atoms with Gasteiger partial charge in [-0.25, -0.2) is 5.43 Å². The second-order valence-corrected chi connectivity index (χ2v) is 1.97. The van der Waals surface area contributed by atoms with Crippen molar-refractivity contribution >= 4 is 0 Å². The molecule has 0 amide bonds. The van der Waals surface area contributed by atoms with Crippen molar-refractivity contribution in [3.05, 3.63) is 0 Å². The lowest BCUT2D eigenvalue weighted by Gasteiger charge is -2.17. The number of nitrogens with two attached hydrogens (primary N) is 1. The van der Waals surface area contributed by atoms with E-state index in [2.05, 4.69) is 11.3 Å². The Kier molecular flexibility index (Phi) is 4.95. The number of hydrogen-bond donors (Lipinski definition) is 2. The van der Waals surface area contributed by atoms with E-state index in [0.717, 1.165) is 0 Å². The third-order valence-corrected chi connectivity index (χ3v) is 1.26. The second kappa shape index (κ2) is 5.24. The van der Waals surface area contributed by atoms with E-state index in [0.29, 0.717) is 6.61 Å². The lowest BCUT2D eigenvalue weighted by molar-refractivity contribution is 0.0615. The topological polar surface area (TPSA) is 47.3 Å². The lowest BCUT2D eigenvalue weighted by atomic mass is 10.2. The zero-order valence-corrected chi connectivity index (χ0v) is 6.42. The van der Waals surface area contributed by atoms with Crippen molar-refractivity contribution < 1.29 is 4.74 Å². The molecule has 0 radical (unpaired) electrons. The van der Waals surface area contributed by atoms with E-state index < -0.39 is 0 Å². The summed E-state index contributed by atoms with van der Waals surface area (Å²) in [5.41, 5.74) is 2.48. The minimum Gasteiger partial charge on any atom is -0.376 e. The van der Waals surface area contributed by atoms with Gasteiger partial charge in [0.15, 0.2) is 0 Å². The number of hydrazine groups is 1. The molecular weight excluding hydrogens is 128 g/mol. The molecule has 0 aromatic carbocycles. The van der Waals surface area contributed by atoms with Crippen LogP contribution in [0.5, 0.6) is 0 Å². The standard InChI is InChI=1S/C7H14N2O/c1-4-7(9-8)6(3)10-5-2/h1,6-7,9H,5,8H2,2-3H3. The van der Waals surface area contributed by atoms with Crippen molar-refractivity contribution in [2.24, 2.45) is 5.84 Å². The average Bonchev–Trinajstić information content (AvgIpc) is 1.91. The minimum atomic E-state index is -0.194. The Hall–Kier alpha value is -0.560. The van der Waals surface area contributed by atoms with E-state index in [1.54, 1.807) is 0 Å². The molecule has 58 valence electrons. The molecule has 0 rings (SSSR count). The summed E-state index contributed by atoms with van der Waals surface area (Å²) in [6.07, 6.45) is 5.11. The highest BCUT2D eigenvalue weighted by molar-refractivity contribution is 5.00. The summed E-state index contributed by atoms with van der Waals surface area (Å²) in [5, 5.41) is 0. The molecule has 0 spiro atoms. The van der Waals surface area contributed by atoms with Gasteiger partial charge in [0.1, 0.15) is 6.04 Å². The Morgan fingerprint density at radius 2 is 2.40 bits per heavy atom. The molecule has 0 fully saturated rings. The van der Waals surface area contributed by atoms with Gasteiger partial charge in [-0.2, -0.15) is 0 Å². The fourth-order valence-electron chi connectivity index (χ4n) is 0.678. The molecule has 3 heteroatoms. The largest absolute Gasteiger partial charge is 0.376 e. The smallest absolute Gasteiger partial charge is 0.107 e. The first-order chi connectivity index (χ1) is 4.76. The van der Waals surface area contributed by atoms with Crippen molar-refractivity contribution in [2.45, 2.75) is 26.0 Å². The third kappa shape index (κ3) is 2.83. The maximum absolute atomic E-state index is 5.20. The van der Waals surface area contributed by atoms with Gasteiger partial charge in [0.25, 0.3) is 0 Å². The van der Waals surface area contributed by atoms with E-state index in [1.165, 1.54) is 0 Å². The van der Waals surface area contributed by atoms with Crippen molar-refractivity contribution in [2.75, 3.05) is 6.61 Å². The van der Waals surface area contributed by atoms with Gasteiger partial charge in [-0.1, -0.05) is 5.92 Å². The molecule has 0 bridgehead atoms.